The number of carbonyl (C=O) groups excluding carboxylic acids is 1. The fourth-order valence-electron chi connectivity index (χ4n) is 3.11. The molecule has 1 aromatic rings. The first kappa shape index (κ1) is 15.8. The van der Waals surface area contributed by atoms with Gasteiger partial charge in [0, 0.05) is 12.6 Å². The number of nitrogens with zero attached hydrogens (tertiary/aromatic N) is 1. The Hall–Kier alpha value is -1.55. The van der Waals surface area contributed by atoms with Crippen LogP contribution in [0.3, 0.4) is 0 Å². The largest absolute Gasteiger partial charge is 0.508 e. The molecule has 1 fully saturated rings. The van der Waals surface area contributed by atoms with Crippen LogP contribution in [0.4, 0.5) is 0 Å². The standard InChI is InChI=1S/C17H26N2O2/c1-2-5-14-6-3-4-11-19(14)17(21)16(18)12-13-7-9-15(20)10-8-13/h7-10,14,16,20H,2-6,11-12,18H2,1H3. The molecule has 4 heteroatoms. The molecule has 1 amide bonds. The van der Waals surface area contributed by atoms with Crippen LogP contribution in [0.25, 0.3) is 0 Å². The zero-order valence-corrected chi connectivity index (χ0v) is 12.8. The quantitative estimate of drug-likeness (QED) is 0.875. The summed E-state index contributed by atoms with van der Waals surface area (Å²) in [7, 11) is 0. The maximum absolute atomic E-state index is 12.6. The molecule has 2 rings (SSSR count). The number of likely N-dealkylation sites (tertiary alicyclic amines) is 1. The predicted molar refractivity (Wildman–Crippen MR) is 84.0 cm³/mol. The van der Waals surface area contributed by atoms with Crippen LogP contribution in [-0.2, 0) is 11.2 Å². The van der Waals surface area contributed by atoms with E-state index < -0.39 is 6.04 Å². The number of hydrogen-bond acceptors (Lipinski definition) is 3. The highest BCUT2D eigenvalue weighted by Gasteiger charge is 2.29. The lowest BCUT2D eigenvalue weighted by atomic mass is 9.96. The number of hydrogen-bond donors (Lipinski definition) is 2. The molecule has 1 aliphatic rings. The van der Waals surface area contributed by atoms with Crippen molar-refractivity contribution in [3.8, 4) is 5.75 Å². The van der Waals surface area contributed by atoms with Crippen molar-refractivity contribution < 1.29 is 9.90 Å². The van der Waals surface area contributed by atoms with Crippen molar-refractivity contribution in [2.75, 3.05) is 6.54 Å². The van der Waals surface area contributed by atoms with Gasteiger partial charge >= 0.3 is 0 Å². The Balaban J connectivity index is 1.98. The van der Waals surface area contributed by atoms with Gasteiger partial charge in [-0.2, -0.15) is 0 Å². The molecule has 116 valence electrons. The highest BCUT2D eigenvalue weighted by Crippen LogP contribution is 2.22. The van der Waals surface area contributed by atoms with E-state index in [0.29, 0.717) is 12.5 Å². The normalized spacial score (nSPS) is 20.3. The maximum Gasteiger partial charge on any atom is 0.240 e. The lowest BCUT2D eigenvalue weighted by Gasteiger charge is -2.37. The molecular formula is C17H26N2O2. The van der Waals surface area contributed by atoms with Crippen LogP contribution in [0.2, 0.25) is 0 Å². The average molecular weight is 290 g/mol. The number of nitrogens with two attached hydrogens (primary N) is 1. The Morgan fingerprint density at radius 3 is 2.76 bits per heavy atom. The van der Waals surface area contributed by atoms with Crippen LogP contribution in [-0.4, -0.2) is 34.5 Å². The van der Waals surface area contributed by atoms with E-state index in [1.54, 1.807) is 12.1 Å². The topological polar surface area (TPSA) is 66.6 Å². The Kier molecular flexibility index (Phi) is 5.62. The van der Waals surface area contributed by atoms with Crippen LogP contribution < -0.4 is 5.73 Å². The Morgan fingerprint density at radius 2 is 2.10 bits per heavy atom. The molecule has 1 heterocycles. The number of carbonyl (C=O) groups is 1. The van der Waals surface area contributed by atoms with Crippen LogP contribution >= 0.6 is 0 Å². The van der Waals surface area contributed by atoms with E-state index in [1.165, 1.54) is 6.42 Å². The summed E-state index contributed by atoms with van der Waals surface area (Å²) in [4.78, 5) is 14.6. The number of rotatable bonds is 5. The summed E-state index contributed by atoms with van der Waals surface area (Å²) in [5.41, 5.74) is 7.11. The summed E-state index contributed by atoms with van der Waals surface area (Å²) >= 11 is 0. The molecule has 1 saturated heterocycles. The molecule has 2 unspecified atom stereocenters. The summed E-state index contributed by atoms with van der Waals surface area (Å²) < 4.78 is 0. The van der Waals surface area contributed by atoms with Gasteiger partial charge in [0.1, 0.15) is 5.75 Å². The second-order valence-electron chi connectivity index (χ2n) is 5.95. The Bertz CT molecular complexity index is 456. The number of phenolic OH excluding ortho intramolecular Hbond substituents is 1. The SMILES string of the molecule is CCCC1CCCCN1C(=O)C(N)Cc1ccc(O)cc1. The lowest BCUT2D eigenvalue weighted by molar-refractivity contribution is -0.136. The van der Waals surface area contributed by atoms with Crippen LogP contribution in [0.1, 0.15) is 44.6 Å². The Morgan fingerprint density at radius 1 is 1.38 bits per heavy atom. The Labute approximate surface area is 126 Å². The third-order valence-corrected chi connectivity index (χ3v) is 4.24. The van der Waals surface area contributed by atoms with Gasteiger partial charge in [-0.25, -0.2) is 0 Å². The summed E-state index contributed by atoms with van der Waals surface area (Å²) in [6.07, 6.45) is 6.08. The molecule has 1 aliphatic heterocycles. The van der Waals surface area contributed by atoms with Crippen molar-refractivity contribution in [3.63, 3.8) is 0 Å². The molecule has 21 heavy (non-hydrogen) atoms. The van der Waals surface area contributed by atoms with Gasteiger partial charge < -0.3 is 15.7 Å². The maximum atomic E-state index is 12.6. The van der Waals surface area contributed by atoms with Crippen molar-refractivity contribution in [1.29, 1.82) is 0 Å². The summed E-state index contributed by atoms with van der Waals surface area (Å²) in [6.45, 7) is 3.00. The third-order valence-electron chi connectivity index (χ3n) is 4.24. The van der Waals surface area contributed by atoms with Crippen LogP contribution in [0.15, 0.2) is 24.3 Å². The molecule has 2 atom stereocenters. The zero-order chi connectivity index (χ0) is 15.2. The van der Waals surface area contributed by atoms with Gasteiger partial charge in [0.15, 0.2) is 0 Å². The minimum absolute atomic E-state index is 0.0706. The molecule has 0 aromatic heterocycles. The van der Waals surface area contributed by atoms with Gasteiger partial charge in [0.05, 0.1) is 6.04 Å². The van der Waals surface area contributed by atoms with Crippen molar-refractivity contribution in [2.24, 2.45) is 5.73 Å². The van der Waals surface area contributed by atoms with E-state index in [4.69, 9.17) is 5.73 Å². The highest BCUT2D eigenvalue weighted by molar-refractivity contribution is 5.82. The van der Waals surface area contributed by atoms with Gasteiger partial charge in [0.25, 0.3) is 0 Å². The average Bonchev–Trinajstić information content (AvgIpc) is 2.50. The molecular weight excluding hydrogens is 264 g/mol. The summed E-state index contributed by atoms with van der Waals surface area (Å²) in [5, 5.41) is 9.29. The highest BCUT2D eigenvalue weighted by atomic mass is 16.3. The van der Waals surface area contributed by atoms with Crippen LogP contribution in [0.5, 0.6) is 5.75 Å². The molecule has 3 N–H and O–H groups in total. The third kappa shape index (κ3) is 4.21. The van der Waals surface area contributed by atoms with Gasteiger partial charge in [-0.15, -0.1) is 0 Å². The molecule has 0 spiro atoms. The van der Waals surface area contributed by atoms with Crippen molar-refractivity contribution in [2.45, 2.75) is 57.5 Å². The van der Waals surface area contributed by atoms with Crippen molar-refractivity contribution in [3.05, 3.63) is 29.8 Å². The molecule has 0 saturated carbocycles. The smallest absolute Gasteiger partial charge is 0.240 e. The first-order valence-corrected chi connectivity index (χ1v) is 7.95. The molecule has 0 aliphatic carbocycles. The number of amides is 1. The van der Waals surface area contributed by atoms with E-state index in [9.17, 15) is 9.90 Å². The molecule has 0 radical (unpaired) electrons. The van der Waals surface area contributed by atoms with Crippen molar-refractivity contribution >= 4 is 5.91 Å². The fourth-order valence-corrected chi connectivity index (χ4v) is 3.11. The first-order chi connectivity index (χ1) is 10.1. The van der Waals surface area contributed by atoms with E-state index in [1.807, 2.05) is 17.0 Å². The second kappa shape index (κ2) is 7.46. The number of piperidine rings is 1. The van der Waals surface area contributed by atoms with Crippen LogP contribution in [0, 0.1) is 0 Å². The van der Waals surface area contributed by atoms with E-state index in [0.717, 1.165) is 37.8 Å². The number of benzene rings is 1. The van der Waals surface area contributed by atoms with Gasteiger partial charge in [0.2, 0.25) is 5.91 Å². The number of phenols is 1. The second-order valence-corrected chi connectivity index (χ2v) is 5.95. The zero-order valence-electron chi connectivity index (χ0n) is 12.8. The monoisotopic (exact) mass is 290 g/mol. The lowest BCUT2D eigenvalue weighted by Crippen LogP contribution is -2.51. The molecule has 0 bridgehead atoms. The van der Waals surface area contributed by atoms with Gasteiger partial charge in [-0.1, -0.05) is 25.5 Å². The van der Waals surface area contributed by atoms with Gasteiger partial charge in [-0.3, -0.25) is 4.79 Å². The molecule has 4 nitrogen and oxygen atoms in total. The van der Waals surface area contributed by atoms with Crippen molar-refractivity contribution in [1.82, 2.24) is 4.90 Å². The minimum atomic E-state index is -0.494. The minimum Gasteiger partial charge on any atom is -0.508 e. The summed E-state index contributed by atoms with van der Waals surface area (Å²) in [6, 6.07) is 6.78. The van der Waals surface area contributed by atoms with E-state index in [2.05, 4.69) is 6.92 Å². The van der Waals surface area contributed by atoms with E-state index >= 15 is 0 Å². The first-order valence-electron chi connectivity index (χ1n) is 7.95. The fraction of sp³-hybridized carbons (Fsp3) is 0.588. The number of aromatic hydroxyl groups is 1. The predicted octanol–water partition coefficient (Wildman–Crippen LogP) is 2.44. The molecule has 1 aromatic carbocycles. The summed E-state index contributed by atoms with van der Waals surface area (Å²) in [5.74, 6) is 0.305. The van der Waals surface area contributed by atoms with E-state index in [-0.39, 0.29) is 11.7 Å². The van der Waals surface area contributed by atoms with Gasteiger partial charge in [-0.05, 0) is 49.8 Å².